The van der Waals surface area contributed by atoms with Crippen molar-refractivity contribution in [3.63, 3.8) is 0 Å². The Bertz CT molecular complexity index is 853. The van der Waals surface area contributed by atoms with Crippen molar-refractivity contribution in [2.45, 2.75) is 6.17 Å². The number of hydrogen-bond donors (Lipinski definition) is 3. The van der Waals surface area contributed by atoms with Gasteiger partial charge in [-0.25, -0.2) is 0 Å². The van der Waals surface area contributed by atoms with E-state index in [2.05, 4.69) is 10.6 Å². The Hall–Kier alpha value is -3.29. The van der Waals surface area contributed by atoms with Gasteiger partial charge in [-0.1, -0.05) is 0 Å². The van der Waals surface area contributed by atoms with Crippen molar-refractivity contribution in [1.82, 2.24) is 5.32 Å². The SMILES string of the molecule is COc1cc(N)c(C2NC(=O)c3cc(OC)c(OC)cc3N2)cc1OC. The molecule has 4 N–H and O–H groups in total. The minimum atomic E-state index is -0.534. The summed E-state index contributed by atoms with van der Waals surface area (Å²) in [6.45, 7) is 0. The van der Waals surface area contributed by atoms with Crippen LogP contribution < -0.4 is 35.3 Å². The lowest BCUT2D eigenvalue weighted by atomic mass is 10.0. The van der Waals surface area contributed by atoms with Crippen LogP contribution in [0, 0.1) is 0 Å². The van der Waals surface area contributed by atoms with Gasteiger partial charge < -0.3 is 35.3 Å². The Morgan fingerprint density at radius 1 is 0.808 bits per heavy atom. The second-order valence-electron chi connectivity index (χ2n) is 5.64. The van der Waals surface area contributed by atoms with Gasteiger partial charge in [0, 0.05) is 23.4 Å². The number of hydrogen-bond acceptors (Lipinski definition) is 7. The molecule has 1 unspecified atom stereocenters. The molecule has 0 spiro atoms. The quantitative estimate of drug-likeness (QED) is 0.703. The number of carbonyl (C=O) groups excluding carboxylic acids is 1. The lowest BCUT2D eigenvalue weighted by Gasteiger charge is -2.30. The number of nitrogen functional groups attached to an aromatic ring is 1. The van der Waals surface area contributed by atoms with Crippen LogP contribution in [0.2, 0.25) is 0 Å². The van der Waals surface area contributed by atoms with E-state index in [-0.39, 0.29) is 5.91 Å². The molecule has 1 atom stereocenters. The maximum absolute atomic E-state index is 12.6. The number of ether oxygens (including phenoxy) is 4. The van der Waals surface area contributed by atoms with Crippen LogP contribution in [0.25, 0.3) is 0 Å². The summed E-state index contributed by atoms with van der Waals surface area (Å²) in [6.07, 6.45) is -0.534. The normalized spacial score (nSPS) is 15.4. The molecule has 0 radical (unpaired) electrons. The van der Waals surface area contributed by atoms with Gasteiger partial charge in [-0.3, -0.25) is 4.79 Å². The zero-order valence-electron chi connectivity index (χ0n) is 15.0. The van der Waals surface area contributed by atoms with Gasteiger partial charge in [0.15, 0.2) is 23.0 Å². The first-order chi connectivity index (χ1) is 12.5. The molecule has 0 saturated carbocycles. The lowest BCUT2D eigenvalue weighted by Crippen LogP contribution is -2.38. The number of amides is 1. The second kappa shape index (κ2) is 6.91. The van der Waals surface area contributed by atoms with E-state index >= 15 is 0 Å². The minimum Gasteiger partial charge on any atom is -0.493 e. The van der Waals surface area contributed by atoms with Gasteiger partial charge in [-0.05, 0) is 12.1 Å². The molecule has 1 aliphatic heterocycles. The van der Waals surface area contributed by atoms with Gasteiger partial charge in [0.2, 0.25) is 0 Å². The van der Waals surface area contributed by atoms with Crippen LogP contribution in [-0.2, 0) is 0 Å². The monoisotopic (exact) mass is 359 g/mol. The summed E-state index contributed by atoms with van der Waals surface area (Å²) in [5.74, 6) is 1.78. The van der Waals surface area contributed by atoms with Crippen LogP contribution in [0.1, 0.15) is 22.1 Å². The van der Waals surface area contributed by atoms with Gasteiger partial charge >= 0.3 is 0 Å². The summed E-state index contributed by atoms with van der Waals surface area (Å²) < 4.78 is 21.1. The highest BCUT2D eigenvalue weighted by Gasteiger charge is 2.28. The molecule has 0 aliphatic carbocycles. The van der Waals surface area contributed by atoms with Gasteiger partial charge in [0.25, 0.3) is 5.91 Å². The predicted octanol–water partition coefficient (Wildman–Crippen LogP) is 2.16. The number of nitrogens with one attached hydrogen (secondary N) is 2. The minimum absolute atomic E-state index is 0.251. The smallest absolute Gasteiger partial charge is 0.255 e. The molecule has 1 heterocycles. The summed E-state index contributed by atoms with van der Waals surface area (Å²) >= 11 is 0. The maximum Gasteiger partial charge on any atom is 0.255 e. The van der Waals surface area contributed by atoms with Crippen LogP contribution in [0.5, 0.6) is 23.0 Å². The number of fused-ring (bicyclic) bond motifs is 1. The Morgan fingerprint density at radius 2 is 1.35 bits per heavy atom. The Balaban J connectivity index is 2.02. The van der Waals surface area contributed by atoms with Crippen LogP contribution in [0.15, 0.2) is 24.3 Å². The maximum atomic E-state index is 12.6. The predicted molar refractivity (Wildman–Crippen MR) is 97.3 cm³/mol. The first-order valence-electron chi connectivity index (χ1n) is 7.87. The van der Waals surface area contributed by atoms with Crippen molar-refractivity contribution in [2.24, 2.45) is 0 Å². The second-order valence-corrected chi connectivity index (χ2v) is 5.64. The van der Waals surface area contributed by atoms with Crippen LogP contribution in [0.3, 0.4) is 0 Å². The largest absolute Gasteiger partial charge is 0.493 e. The van der Waals surface area contributed by atoms with E-state index in [0.29, 0.717) is 45.5 Å². The third-order valence-electron chi connectivity index (χ3n) is 4.24. The molecular formula is C18H21N3O5. The molecular weight excluding hydrogens is 338 g/mol. The Kier molecular flexibility index (Phi) is 4.66. The number of methoxy groups -OCH3 is 4. The fourth-order valence-corrected chi connectivity index (χ4v) is 2.90. The fourth-order valence-electron chi connectivity index (χ4n) is 2.90. The number of benzene rings is 2. The van der Waals surface area contributed by atoms with Crippen LogP contribution in [0.4, 0.5) is 11.4 Å². The van der Waals surface area contributed by atoms with E-state index in [9.17, 15) is 4.79 Å². The average Bonchev–Trinajstić information content (AvgIpc) is 2.66. The molecule has 0 fully saturated rings. The van der Waals surface area contributed by atoms with E-state index in [1.165, 1.54) is 28.4 Å². The molecule has 0 bridgehead atoms. The van der Waals surface area contributed by atoms with Crippen LogP contribution in [-0.4, -0.2) is 34.3 Å². The van der Waals surface area contributed by atoms with Crippen molar-refractivity contribution in [3.05, 3.63) is 35.4 Å². The summed E-state index contributed by atoms with van der Waals surface area (Å²) in [6, 6.07) is 6.74. The van der Waals surface area contributed by atoms with E-state index in [1.54, 1.807) is 24.3 Å². The lowest BCUT2D eigenvalue weighted by molar-refractivity contribution is 0.0935. The summed E-state index contributed by atoms with van der Waals surface area (Å²) in [5.41, 5.74) is 8.35. The third kappa shape index (κ3) is 2.90. The zero-order chi connectivity index (χ0) is 18.8. The van der Waals surface area contributed by atoms with Gasteiger partial charge in [-0.15, -0.1) is 0 Å². The van der Waals surface area contributed by atoms with E-state index < -0.39 is 6.17 Å². The molecule has 0 aromatic heterocycles. The van der Waals surface area contributed by atoms with E-state index in [4.69, 9.17) is 24.7 Å². The summed E-state index contributed by atoms with van der Waals surface area (Å²) in [5, 5.41) is 6.14. The van der Waals surface area contributed by atoms with Gasteiger partial charge in [0.1, 0.15) is 6.17 Å². The topological polar surface area (TPSA) is 104 Å². The Morgan fingerprint density at radius 3 is 1.96 bits per heavy atom. The summed E-state index contributed by atoms with van der Waals surface area (Å²) in [4.78, 5) is 12.6. The average molecular weight is 359 g/mol. The Labute approximate surface area is 151 Å². The van der Waals surface area contributed by atoms with Crippen molar-refractivity contribution in [3.8, 4) is 23.0 Å². The van der Waals surface area contributed by atoms with Crippen molar-refractivity contribution < 1.29 is 23.7 Å². The van der Waals surface area contributed by atoms with E-state index in [1.807, 2.05) is 0 Å². The molecule has 8 heteroatoms. The molecule has 2 aromatic rings. The fraction of sp³-hybridized carbons (Fsp3) is 0.278. The number of anilines is 2. The number of rotatable bonds is 5. The highest BCUT2D eigenvalue weighted by atomic mass is 16.5. The van der Waals surface area contributed by atoms with Crippen molar-refractivity contribution in [1.29, 1.82) is 0 Å². The first-order valence-corrected chi connectivity index (χ1v) is 7.87. The molecule has 0 saturated heterocycles. The highest BCUT2D eigenvalue weighted by molar-refractivity contribution is 6.02. The van der Waals surface area contributed by atoms with Gasteiger partial charge in [-0.2, -0.15) is 0 Å². The molecule has 1 aliphatic rings. The molecule has 8 nitrogen and oxygen atoms in total. The van der Waals surface area contributed by atoms with Crippen molar-refractivity contribution >= 4 is 17.3 Å². The molecule has 138 valence electrons. The zero-order valence-corrected chi connectivity index (χ0v) is 15.0. The number of nitrogens with two attached hydrogens (primary N) is 1. The van der Waals surface area contributed by atoms with Crippen molar-refractivity contribution in [2.75, 3.05) is 39.5 Å². The highest BCUT2D eigenvalue weighted by Crippen LogP contribution is 2.39. The van der Waals surface area contributed by atoms with E-state index in [0.717, 1.165) is 0 Å². The third-order valence-corrected chi connectivity index (χ3v) is 4.24. The van der Waals surface area contributed by atoms with Gasteiger partial charge in [0.05, 0.1) is 39.7 Å². The molecule has 3 rings (SSSR count). The number of carbonyl (C=O) groups is 1. The first kappa shape index (κ1) is 17.5. The van der Waals surface area contributed by atoms with Crippen LogP contribution >= 0.6 is 0 Å². The molecule has 2 aromatic carbocycles. The standard InChI is InChI=1S/C18H21N3O5/c1-23-13-5-9(11(19)7-15(13)25-3)17-20-12-8-16(26-4)14(24-2)6-10(12)18(22)21-17/h5-8,17,20H,19H2,1-4H3,(H,21,22). The summed E-state index contributed by atoms with van der Waals surface area (Å²) in [7, 11) is 6.13. The molecule has 1 amide bonds. The molecule has 26 heavy (non-hydrogen) atoms.